The summed E-state index contributed by atoms with van der Waals surface area (Å²) in [5.74, 6) is -1.42. The molecule has 0 aromatic rings. The van der Waals surface area contributed by atoms with Crippen molar-refractivity contribution in [3.8, 4) is 0 Å². The van der Waals surface area contributed by atoms with Crippen LogP contribution in [-0.4, -0.2) is 48.8 Å². The van der Waals surface area contributed by atoms with Crippen molar-refractivity contribution >= 4 is 23.9 Å². The Hall–Kier alpha value is -2.12. The van der Waals surface area contributed by atoms with Crippen LogP contribution >= 0.6 is 0 Å². The number of carbonyl (C=O) groups excluding carboxylic acids is 4. The molecule has 210 valence electrons. The van der Waals surface area contributed by atoms with Crippen molar-refractivity contribution in [3.05, 3.63) is 0 Å². The lowest BCUT2D eigenvalue weighted by molar-refractivity contribution is -0.170. The van der Waals surface area contributed by atoms with E-state index in [-0.39, 0.29) is 11.9 Å². The fourth-order valence-electron chi connectivity index (χ4n) is 4.09. The van der Waals surface area contributed by atoms with Crippen molar-refractivity contribution in [3.63, 3.8) is 0 Å². The average Bonchev–Trinajstić information content (AvgIpc) is 2.79. The Labute approximate surface area is 218 Å². The molecular formula is C28H50O8. The van der Waals surface area contributed by atoms with E-state index < -0.39 is 30.3 Å². The second-order valence-electron chi connectivity index (χ2n) is 9.49. The van der Waals surface area contributed by atoms with Crippen LogP contribution in [0.25, 0.3) is 0 Å². The Kier molecular flexibility index (Phi) is 20.8. The maximum absolute atomic E-state index is 11.8. The van der Waals surface area contributed by atoms with E-state index in [1.165, 1.54) is 20.8 Å². The molecule has 3 atom stereocenters. The number of hydrogen-bond acceptors (Lipinski definition) is 8. The lowest BCUT2D eigenvalue weighted by atomic mass is 9.97. The third kappa shape index (κ3) is 20.1. The van der Waals surface area contributed by atoms with Crippen molar-refractivity contribution < 1.29 is 38.1 Å². The number of rotatable bonds is 22. The van der Waals surface area contributed by atoms with E-state index in [9.17, 15) is 19.2 Å². The van der Waals surface area contributed by atoms with Crippen molar-refractivity contribution in [2.45, 2.75) is 149 Å². The Balaban J connectivity index is 4.80. The monoisotopic (exact) mass is 514 g/mol. The van der Waals surface area contributed by atoms with Gasteiger partial charge in [0.05, 0.1) is 6.61 Å². The van der Waals surface area contributed by atoms with Crippen LogP contribution in [0.3, 0.4) is 0 Å². The van der Waals surface area contributed by atoms with Gasteiger partial charge in [0, 0.05) is 33.6 Å². The van der Waals surface area contributed by atoms with Gasteiger partial charge in [0.2, 0.25) is 0 Å². The SMILES string of the molecule is CCCCCCC(CC(OC(C)=O)C(CCCCCCCC(=O)OCCCC)OC(C)=O)OC(C)=O. The van der Waals surface area contributed by atoms with Crippen LogP contribution < -0.4 is 0 Å². The number of ether oxygens (including phenoxy) is 4. The van der Waals surface area contributed by atoms with E-state index in [2.05, 4.69) is 13.8 Å². The van der Waals surface area contributed by atoms with Crippen LogP contribution in [0.2, 0.25) is 0 Å². The topological polar surface area (TPSA) is 105 Å². The van der Waals surface area contributed by atoms with E-state index in [4.69, 9.17) is 18.9 Å². The molecule has 0 radical (unpaired) electrons. The molecule has 36 heavy (non-hydrogen) atoms. The predicted octanol–water partition coefficient (Wildman–Crippen LogP) is 6.22. The second kappa shape index (κ2) is 22.1. The molecule has 0 aliphatic carbocycles. The molecule has 0 heterocycles. The van der Waals surface area contributed by atoms with E-state index in [1.807, 2.05) is 0 Å². The van der Waals surface area contributed by atoms with Crippen molar-refractivity contribution in [2.75, 3.05) is 6.61 Å². The smallest absolute Gasteiger partial charge is 0.305 e. The first-order valence-corrected chi connectivity index (χ1v) is 13.9. The zero-order chi connectivity index (χ0) is 27.2. The first-order valence-electron chi connectivity index (χ1n) is 13.9. The summed E-state index contributed by atoms with van der Waals surface area (Å²) in [5, 5.41) is 0. The largest absolute Gasteiger partial charge is 0.466 e. The molecule has 0 amide bonds. The minimum atomic E-state index is -0.681. The van der Waals surface area contributed by atoms with E-state index in [0.29, 0.717) is 32.3 Å². The van der Waals surface area contributed by atoms with Crippen molar-refractivity contribution in [1.82, 2.24) is 0 Å². The molecule has 3 unspecified atom stereocenters. The summed E-state index contributed by atoms with van der Waals surface area (Å²) >= 11 is 0. The van der Waals surface area contributed by atoms with Gasteiger partial charge in [-0.2, -0.15) is 0 Å². The second-order valence-corrected chi connectivity index (χ2v) is 9.49. The Morgan fingerprint density at radius 2 is 1.11 bits per heavy atom. The van der Waals surface area contributed by atoms with E-state index in [1.54, 1.807) is 0 Å². The Morgan fingerprint density at radius 1 is 0.583 bits per heavy atom. The lowest BCUT2D eigenvalue weighted by Crippen LogP contribution is -2.38. The Morgan fingerprint density at radius 3 is 1.72 bits per heavy atom. The zero-order valence-electron chi connectivity index (χ0n) is 23.3. The minimum Gasteiger partial charge on any atom is -0.466 e. The summed E-state index contributed by atoms with van der Waals surface area (Å²) < 4.78 is 21.8. The van der Waals surface area contributed by atoms with Gasteiger partial charge in [-0.25, -0.2) is 0 Å². The summed E-state index contributed by atoms with van der Waals surface area (Å²) in [6.07, 6.45) is 10.6. The first kappa shape index (κ1) is 33.9. The van der Waals surface area contributed by atoms with Gasteiger partial charge in [-0.1, -0.05) is 58.8 Å². The molecule has 0 bridgehead atoms. The van der Waals surface area contributed by atoms with Crippen molar-refractivity contribution in [2.24, 2.45) is 0 Å². The highest BCUT2D eigenvalue weighted by molar-refractivity contribution is 5.69. The molecule has 0 rings (SSSR count). The standard InChI is InChI=1S/C28H50O8/c1-6-8-10-14-17-25(34-22(3)29)21-27(36-24(5)31)26(35-23(4)30)18-15-12-11-13-16-19-28(32)33-20-9-7-2/h25-27H,6-21H2,1-5H3. The molecule has 0 saturated carbocycles. The summed E-state index contributed by atoms with van der Waals surface area (Å²) in [4.78, 5) is 46.9. The predicted molar refractivity (Wildman–Crippen MR) is 138 cm³/mol. The number of esters is 4. The van der Waals surface area contributed by atoms with Gasteiger partial charge in [-0.3, -0.25) is 19.2 Å². The summed E-state index contributed by atoms with van der Waals surface area (Å²) in [6, 6.07) is 0. The summed E-state index contributed by atoms with van der Waals surface area (Å²) in [5.41, 5.74) is 0. The van der Waals surface area contributed by atoms with Gasteiger partial charge in [0.1, 0.15) is 18.3 Å². The Bertz CT molecular complexity index is 619. The molecule has 0 aliphatic rings. The number of hydrogen-bond donors (Lipinski definition) is 0. The lowest BCUT2D eigenvalue weighted by Gasteiger charge is -2.29. The minimum absolute atomic E-state index is 0.139. The fourth-order valence-corrected chi connectivity index (χ4v) is 4.09. The van der Waals surface area contributed by atoms with Crippen molar-refractivity contribution in [1.29, 1.82) is 0 Å². The molecule has 0 aromatic carbocycles. The molecule has 0 aliphatic heterocycles. The van der Waals surface area contributed by atoms with Gasteiger partial charge in [0.15, 0.2) is 0 Å². The first-order chi connectivity index (χ1) is 17.2. The summed E-state index contributed by atoms with van der Waals surface area (Å²) in [6.45, 7) is 8.72. The highest BCUT2D eigenvalue weighted by Gasteiger charge is 2.31. The molecule has 0 saturated heterocycles. The molecular weight excluding hydrogens is 464 g/mol. The zero-order valence-corrected chi connectivity index (χ0v) is 23.3. The van der Waals surface area contributed by atoms with Crippen LogP contribution in [-0.2, 0) is 38.1 Å². The van der Waals surface area contributed by atoms with Gasteiger partial charge in [-0.15, -0.1) is 0 Å². The molecule has 0 aromatic heterocycles. The quantitative estimate of drug-likeness (QED) is 0.0953. The molecule has 0 spiro atoms. The molecule has 8 heteroatoms. The maximum Gasteiger partial charge on any atom is 0.305 e. The maximum atomic E-state index is 11.8. The van der Waals surface area contributed by atoms with Gasteiger partial charge in [0.25, 0.3) is 0 Å². The van der Waals surface area contributed by atoms with Crippen LogP contribution in [0, 0.1) is 0 Å². The van der Waals surface area contributed by atoms with Gasteiger partial charge in [-0.05, 0) is 38.5 Å². The van der Waals surface area contributed by atoms with E-state index in [0.717, 1.165) is 70.6 Å². The fraction of sp³-hybridized carbons (Fsp3) is 0.857. The number of unbranched alkanes of at least 4 members (excludes halogenated alkanes) is 8. The van der Waals surface area contributed by atoms with Gasteiger partial charge < -0.3 is 18.9 Å². The third-order valence-electron chi connectivity index (χ3n) is 5.89. The molecule has 0 N–H and O–H groups in total. The highest BCUT2D eigenvalue weighted by atomic mass is 16.6. The highest BCUT2D eigenvalue weighted by Crippen LogP contribution is 2.23. The number of carbonyl (C=O) groups is 4. The molecule has 0 fully saturated rings. The van der Waals surface area contributed by atoms with E-state index >= 15 is 0 Å². The third-order valence-corrected chi connectivity index (χ3v) is 5.89. The van der Waals surface area contributed by atoms with Crippen LogP contribution in [0.4, 0.5) is 0 Å². The van der Waals surface area contributed by atoms with Gasteiger partial charge >= 0.3 is 23.9 Å². The van der Waals surface area contributed by atoms with Crippen LogP contribution in [0.1, 0.15) is 131 Å². The molecule has 8 nitrogen and oxygen atoms in total. The normalized spacial score (nSPS) is 13.4. The van der Waals surface area contributed by atoms with Crippen LogP contribution in [0.15, 0.2) is 0 Å². The average molecular weight is 515 g/mol. The summed E-state index contributed by atoms with van der Waals surface area (Å²) in [7, 11) is 0. The van der Waals surface area contributed by atoms with Crippen LogP contribution in [0.5, 0.6) is 0 Å².